The Labute approximate surface area is 162 Å². The summed E-state index contributed by atoms with van der Waals surface area (Å²) in [5.41, 5.74) is 0.969. The summed E-state index contributed by atoms with van der Waals surface area (Å²) in [7, 11) is 1.93. The predicted octanol–water partition coefficient (Wildman–Crippen LogP) is 3.92. The molecule has 0 radical (unpaired) electrons. The number of rotatable bonds is 5. The van der Waals surface area contributed by atoms with Gasteiger partial charge in [-0.1, -0.05) is 12.1 Å². The van der Waals surface area contributed by atoms with Crippen LogP contribution in [0.25, 0.3) is 0 Å². The van der Waals surface area contributed by atoms with Crippen LogP contribution in [0.2, 0.25) is 0 Å². The van der Waals surface area contributed by atoms with Crippen LogP contribution in [0.15, 0.2) is 47.7 Å². The van der Waals surface area contributed by atoms with E-state index in [1.54, 1.807) is 6.07 Å². The van der Waals surface area contributed by atoms with E-state index >= 15 is 0 Å². The second kappa shape index (κ2) is 9.69. The lowest BCUT2D eigenvalue weighted by Gasteiger charge is -2.12. The van der Waals surface area contributed by atoms with E-state index in [4.69, 9.17) is 0 Å². The first-order valence-electron chi connectivity index (χ1n) is 7.67. The lowest BCUT2D eigenvalue weighted by molar-refractivity contribution is -0.137. The molecule has 2 N–H and O–H groups in total. The number of alkyl halides is 3. The van der Waals surface area contributed by atoms with Gasteiger partial charge in [0.1, 0.15) is 0 Å². The molecule has 0 saturated heterocycles. The van der Waals surface area contributed by atoms with E-state index < -0.39 is 11.7 Å². The Morgan fingerprint density at radius 2 is 1.92 bits per heavy atom. The molecule has 0 aliphatic carbocycles. The number of guanidine groups is 1. The molecule has 25 heavy (non-hydrogen) atoms. The maximum Gasteiger partial charge on any atom is 0.416 e. The quantitative estimate of drug-likeness (QED) is 0.399. The standard InChI is InChI=1S/C17H21F3N4.HI/c1-3-21-16(23-11-14-7-8-24(2)12-14)22-10-13-5-4-6-15(9-13)17(18,19)20;/h4-9,12H,3,10-11H2,1-2H3,(H2,21,22,23);1H. The van der Waals surface area contributed by atoms with E-state index in [1.165, 1.54) is 6.07 Å². The zero-order valence-corrected chi connectivity index (χ0v) is 16.4. The highest BCUT2D eigenvalue weighted by atomic mass is 127. The predicted molar refractivity (Wildman–Crippen MR) is 104 cm³/mol. The van der Waals surface area contributed by atoms with Crippen LogP contribution in [0.4, 0.5) is 13.2 Å². The Bertz CT molecular complexity index is 695. The van der Waals surface area contributed by atoms with Gasteiger partial charge in [-0.25, -0.2) is 4.99 Å². The molecule has 0 aliphatic heterocycles. The first kappa shape index (κ1) is 21.3. The molecule has 0 amide bonds. The van der Waals surface area contributed by atoms with Crippen molar-refractivity contribution in [2.75, 3.05) is 6.54 Å². The molecule has 138 valence electrons. The summed E-state index contributed by atoms with van der Waals surface area (Å²) in [6.45, 7) is 3.37. The molecule has 2 aromatic rings. The van der Waals surface area contributed by atoms with E-state index in [0.717, 1.165) is 17.7 Å². The van der Waals surface area contributed by atoms with Crippen LogP contribution in [0, 0.1) is 0 Å². The summed E-state index contributed by atoms with van der Waals surface area (Å²) in [5, 5.41) is 6.14. The fraction of sp³-hybridized carbons (Fsp3) is 0.353. The Morgan fingerprint density at radius 1 is 1.16 bits per heavy atom. The highest BCUT2D eigenvalue weighted by molar-refractivity contribution is 14.0. The van der Waals surface area contributed by atoms with Gasteiger partial charge in [-0.3, -0.25) is 0 Å². The fourth-order valence-electron chi connectivity index (χ4n) is 2.21. The van der Waals surface area contributed by atoms with Crippen molar-refractivity contribution in [2.24, 2.45) is 12.0 Å². The van der Waals surface area contributed by atoms with Crippen LogP contribution in [-0.2, 0) is 26.3 Å². The maximum atomic E-state index is 12.7. The summed E-state index contributed by atoms with van der Waals surface area (Å²) < 4.78 is 40.2. The lowest BCUT2D eigenvalue weighted by Crippen LogP contribution is -2.36. The number of hydrogen-bond donors (Lipinski definition) is 2. The van der Waals surface area contributed by atoms with Crippen molar-refractivity contribution in [3.05, 3.63) is 59.4 Å². The highest BCUT2D eigenvalue weighted by Gasteiger charge is 2.30. The number of nitrogens with one attached hydrogen (secondary N) is 2. The fourth-order valence-corrected chi connectivity index (χ4v) is 2.21. The van der Waals surface area contributed by atoms with Crippen LogP contribution < -0.4 is 10.6 Å². The number of aliphatic imine (C=N–C) groups is 1. The molecule has 1 aromatic carbocycles. The number of benzene rings is 1. The molecule has 0 unspecified atom stereocenters. The van der Waals surface area contributed by atoms with Gasteiger partial charge in [0.25, 0.3) is 0 Å². The van der Waals surface area contributed by atoms with Gasteiger partial charge < -0.3 is 15.2 Å². The SMILES string of the molecule is CCNC(=NCc1ccn(C)c1)NCc1cccc(C(F)(F)F)c1.I. The van der Waals surface area contributed by atoms with Gasteiger partial charge in [-0.15, -0.1) is 24.0 Å². The molecule has 8 heteroatoms. The summed E-state index contributed by atoms with van der Waals surface area (Å²) >= 11 is 0. The molecule has 1 aromatic heterocycles. The smallest absolute Gasteiger partial charge is 0.357 e. The zero-order valence-electron chi connectivity index (χ0n) is 14.1. The van der Waals surface area contributed by atoms with E-state index in [-0.39, 0.29) is 30.5 Å². The first-order chi connectivity index (χ1) is 11.4. The number of nitrogens with zero attached hydrogens (tertiary/aromatic N) is 2. The molecule has 0 saturated carbocycles. The van der Waals surface area contributed by atoms with Gasteiger partial charge >= 0.3 is 6.18 Å². The van der Waals surface area contributed by atoms with E-state index in [0.29, 0.717) is 24.6 Å². The third-order valence-corrected chi connectivity index (χ3v) is 3.37. The molecule has 1 heterocycles. The van der Waals surface area contributed by atoms with Crippen molar-refractivity contribution >= 4 is 29.9 Å². The molecular weight excluding hydrogens is 444 g/mol. The summed E-state index contributed by atoms with van der Waals surface area (Å²) in [6, 6.07) is 7.25. The third-order valence-electron chi connectivity index (χ3n) is 3.37. The molecule has 0 spiro atoms. The van der Waals surface area contributed by atoms with Crippen LogP contribution in [0.5, 0.6) is 0 Å². The molecule has 2 rings (SSSR count). The van der Waals surface area contributed by atoms with Crippen LogP contribution >= 0.6 is 24.0 Å². The largest absolute Gasteiger partial charge is 0.416 e. The molecule has 0 bridgehead atoms. The van der Waals surface area contributed by atoms with Crippen LogP contribution in [0.1, 0.15) is 23.6 Å². The molecule has 0 atom stereocenters. The molecule has 0 aliphatic rings. The monoisotopic (exact) mass is 466 g/mol. The average Bonchev–Trinajstić information content (AvgIpc) is 2.95. The van der Waals surface area contributed by atoms with Crippen molar-refractivity contribution in [3.63, 3.8) is 0 Å². The van der Waals surface area contributed by atoms with Gasteiger partial charge in [-0.2, -0.15) is 13.2 Å². The number of aryl methyl sites for hydroxylation is 1. The molecule has 0 fully saturated rings. The number of halogens is 4. The average molecular weight is 466 g/mol. The van der Waals surface area contributed by atoms with Gasteiger partial charge in [0.2, 0.25) is 0 Å². The van der Waals surface area contributed by atoms with Gasteiger partial charge in [0, 0.05) is 32.5 Å². The Balaban J connectivity index is 0.00000312. The van der Waals surface area contributed by atoms with Gasteiger partial charge in [0.15, 0.2) is 5.96 Å². The van der Waals surface area contributed by atoms with Crippen molar-refractivity contribution in [1.29, 1.82) is 0 Å². The van der Waals surface area contributed by atoms with Crippen molar-refractivity contribution < 1.29 is 13.2 Å². The van der Waals surface area contributed by atoms with Crippen LogP contribution in [-0.4, -0.2) is 17.1 Å². The number of hydrogen-bond acceptors (Lipinski definition) is 1. The Hall–Kier alpha value is -1.71. The molecule has 4 nitrogen and oxygen atoms in total. The zero-order chi connectivity index (χ0) is 17.6. The minimum atomic E-state index is -4.33. The van der Waals surface area contributed by atoms with Gasteiger partial charge in [-0.05, 0) is 36.2 Å². The van der Waals surface area contributed by atoms with E-state index in [2.05, 4.69) is 15.6 Å². The lowest BCUT2D eigenvalue weighted by atomic mass is 10.1. The minimum absolute atomic E-state index is 0. The summed E-state index contributed by atoms with van der Waals surface area (Å²) in [4.78, 5) is 4.44. The van der Waals surface area contributed by atoms with Gasteiger partial charge in [0.05, 0.1) is 12.1 Å². The summed E-state index contributed by atoms with van der Waals surface area (Å²) in [6.07, 6.45) is -0.421. The maximum absolute atomic E-state index is 12.7. The second-order valence-electron chi connectivity index (χ2n) is 5.43. The van der Waals surface area contributed by atoms with Crippen molar-refractivity contribution in [2.45, 2.75) is 26.2 Å². The first-order valence-corrected chi connectivity index (χ1v) is 7.67. The highest BCUT2D eigenvalue weighted by Crippen LogP contribution is 2.29. The van der Waals surface area contributed by atoms with Crippen LogP contribution in [0.3, 0.4) is 0 Å². The Morgan fingerprint density at radius 3 is 2.52 bits per heavy atom. The van der Waals surface area contributed by atoms with Crippen molar-refractivity contribution in [3.8, 4) is 0 Å². The topological polar surface area (TPSA) is 41.4 Å². The third kappa shape index (κ3) is 6.97. The molecular formula is C17H22F3IN4. The summed E-state index contributed by atoms with van der Waals surface area (Å²) in [5.74, 6) is 0.568. The van der Waals surface area contributed by atoms with Crippen molar-refractivity contribution in [1.82, 2.24) is 15.2 Å². The Kier molecular flexibility index (Phi) is 8.27. The normalized spacial score (nSPS) is 11.8. The van der Waals surface area contributed by atoms with E-state index in [1.807, 2.05) is 37.0 Å². The second-order valence-corrected chi connectivity index (χ2v) is 5.43. The van der Waals surface area contributed by atoms with E-state index in [9.17, 15) is 13.2 Å². The number of aromatic nitrogens is 1. The minimum Gasteiger partial charge on any atom is -0.357 e.